The highest BCUT2D eigenvalue weighted by molar-refractivity contribution is 9.10. The number of hydrogen-bond acceptors (Lipinski definition) is 3. The summed E-state index contributed by atoms with van der Waals surface area (Å²) in [6.07, 6.45) is 0.857. The molecule has 1 rings (SSSR count). The van der Waals surface area contributed by atoms with E-state index in [4.69, 9.17) is 9.47 Å². The molecule has 0 atom stereocenters. The standard InChI is InChI=1S/C17H28BrNO2/c1-12(2)19-11-14-10-15(18)9-13(3)16(14)21-8-7-17(4,5)20-6/h9-10,12,19H,7-8,11H2,1-6H3. The average molecular weight is 358 g/mol. The molecule has 0 amide bonds. The second kappa shape index (κ2) is 8.16. The van der Waals surface area contributed by atoms with Gasteiger partial charge in [-0.1, -0.05) is 29.8 Å². The lowest BCUT2D eigenvalue weighted by Crippen LogP contribution is -2.26. The molecular weight excluding hydrogens is 330 g/mol. The highest BCUT2D eigenvalue weighted by Gasteiger charge is 2.17. The molecule has 1 N–H and O–H groups in total. The zero-order valence-electron chi connectivity index (χ0n) is 14.0. The maximum absolute atomic E-state index is 6.05. The lowest BCUT2D eigenvalue weighted by molar-refractivity contribution is 0.00531. The first-order valence-electron chi connectivity index (χ1n) is 7.45. The molecule has 0 aliphatic heterocycles. The summed E-state index contributed by atoms with van der Waals surface area (Å²) in [4.78, 5) is 0. The predicted octanol–water partition coefficient (Wildman–Crippen LogP) is 4.45. The van der Waals surface area contributed by atoms with Crippen LogP contribution < -0.4 is 10.1 Å². The van der Waals surface area contributed by atoms with E-state index in [0.717, 1.165) is 28.8 Å². The molecule has 0 fully saturated rings. The molecule has 1 aromatic carbocycles. The number of methoxy groups -OCH3 is 1. The third-order valence-corrected chi connectivity index (χ3v) is 3.98. The van der Waals surface area contributed by atoms with E-state index in [1.165, 1.54) is 5.56 Å². The lowest BCUT2D eigenvalue weighted by Gasteiger charge is -2.24. The van der Waals surface area contributed by atoms with Crippen LogP contribution in [0.5, 0.6) is 5.75 Å². The van der Waals surface area contributed by atoms with E-state index in [0.29, 0.717) is 12.6 Å². The number of aryl methyl sites for hydroxylation is 1. The van der Waals surface area contributed by atoms with Crippen LogP contribution in [0.3, 0.4) is 0 Å². The van der Waals surface area contributed by atoms with Crippen LogP contribution in [0.2, 0.25) is 0 Å². The number of benzene rings is 1. The van der Waals surface area contributed by atoms with Gasteiger partial charge in [-0.2, -0.15) is 0 Å². The third kappa shape index (κ3) is 6.37. The fourth-order valence-corrected chi connectivity index (χ4v) is 2.57. The summed E-state index contributed by atoms with van der Waals surface area (Å²) in [5, 5.41) is 3.45. The molecule has 0 saturated carbocycles. The van der Waals surface area contributed by atoms with Gasteiger partial charge in [0, 0.05) is 36.2 Å². The van der Waals surface area contributed by atoms with Gasteiger partial charge in [-0.3, -0.25) is 0 Å². The van der Waals surface area contributed by atoms with Crippen LogP contribution in [0.15, 0.2) is 16.6 Å². The largest absolute Gasteiger partial charge is 0.493 e. The van der Waals surface area contributed by atoms with Gasteiger partial charge >= 0.3 is 0 Å². The van der Waals surface area contributed by atoms with Gasteiger partial charge in [-0.25, -0.2) is 0 Å². The summed E-state index contributed by atoms with van der Waals surface area (Å²) < 4.78 is 12.6. The Hall–Kier alpha value is -0.580. The second-order valence-corrected chi connectivity index (χ2v) is 7.22. The Bertz CT molecular complexity index is 458. The van der Waals surface area contributed by atoms with E-state index in [2.05, 4.69) is 68.0 Å². The Labute approximate surface area is 137 Å². The lowest BCUT2D eigenvalue weighted by atomic mass is 10.1. The fourth-order valence-electron chi connectivity index (χ4n) is 1.95. The SMILES string of the molecule is COC(C)(C)CCOc1c(C)cc(Br)cc1CNC(C)C. The summed E-state index contributed by atoms with van der Waals surface area (Å²) in [6.45, 7) is 12.0. The van der Waals surface area contributed by atoms with Crippen molar-refractivity contribution in [2.45, 2.75) is 59.2 Å². The van der Waals surface area contributed by atoms with Crippen molar-refractivity contribution in [3.05, 3.63) is 27.7 Å². The Balaban J connectivity index is 2.79. The van der Waals surface area contributed by atoms with Crippen molar-refractivity contribution in [3.8, 4) is 5.75 Å². The van der Waals surface area contributed by atoms with Crippen LogP contribution in [-0.4, -0.2) is 25.4 Å². The number of rotatable bonds is 8. The Morgan fingerprint density at radius 1 is 1.29 bits per heavy atom. The van der Waals surface area contributed by atoms with Gasteiger partial charge in [0.05, 0.1) is 12.2 Å². The molecule has 0 spiro atoms. The van der Waals surface area contributed by atoms with Crippen LogP contribution >= 0.6 is 15.9 Å². The maximum Gasteiger partial charge on any atom is 0.126 e. The molecule has 120 valence electrons. The summed E-state index contributed by atoms with van der Waals surface area (Å²) in [6, 6.07) is 4.67. The molecule has 4 heteroatoms. The van der Waals surface area contributed by atoms with Crippen molar-refractivity contribution in [2.75, 3.05) is 13.7 Å². The smallest absolute Gasteiger partial charge is 0.126 e. The molecule has 0 unspecified atom stereocenters. The summed E-state index contributed by atoms with van der Waals surface area (Å²) in [5.41, 5.74) is 2.19. The Kier molecular flexibility index (Phi) is 7.17. The number of nitrogens with one attached hydrogen (secondary N) is 1. The molecular formula is C17H28BrNO2. The van der Waals surface area contributed by atoms with Crippen LogP contribution in [0.1, 0.15) is 45.2 Å². The van der Waals surface area contributed by atoms with Gasteiger partial charge in [0.1, 0.15) is 5.75 Å². The van der Waals surface area contributed by atoms with Gasteiger partial charge < -0.3 is 14.8 Å². The number of hydrogen-bond donors (Lipinski definition) is 1. The summed E-state index contributed by atoms with van der Waals surface area (Å²) in [5.74, 6) is 0.984. The van der Waals surface area contributed by atoms with Crippen LogP contribution in [0.25, 0.3) is 0 Å². The van der Waals surface area contributed by atoms with Gasteiger partial charge in [-0.15, -0.1) is 0 Å². The monoisotopic (exact) mass is 357 g/mol. The van der Waals surface area contributed by atoms with Gasteiger partial charge in [0.2, 0.25) is 0 Å². The quantitative estimate of drug-likeness (QED) is 0.745. The van der Waals surface area contributed by atoms with Gasteiger partial charge in [-0.05, 0) is 38.5 Å². The zero-order valence-corrected chi connectivity index (χ0v) is 15.6. The predicted molar refractivity (Wildman–Crippen MR) is 92.1 cm³/mol. The molecule has 0 bridgehead atoms. The molecule has 1 aromatic rings. The third-order valence-electron chi connectivity index (χ3n) is 3.52. The molecule has 3 nitrogen and oxygen atoms in total. The minimum Gasteiger partial charge on any atom is -0.493 e. The van der Waals surface area contributed by atoms with Crippen LogP contribution in [0.4, 0.5) is 0 Å². The average Bonchev–Trinajstić information content (AvgIpc) is 2.38. The molecule has 0 aliphatic rings. The van der Waals surface area contributed by atoms with Crippen molar-refractivity contribution in [3.63, 3.8) is 0 Å². The van der Waals surface area contributed by atoms with E-state index in [-0.39, 0.29) is 5.60 Å². The Morgan fingerprint density at radius 2 is 1.95 bits per heavy atom. The molecule has 0 saturated heterocycles. The molecule has 0 aliphatic carbocycles. The van der Waals surface area contributed by atoms with Crippen molar-refractivity contribution < 1.29 is 9.47 Å². The first-order valence-corrected chi connectivity index (χ1v) is 8.25. The normalized spacial score (nSPS) is 12.0. The van der Waals surface area contributed by atoms with Gasteiger partial charge in [0.15, 0.2) is 0 Å². The minimum absolute atomic E-state index is 0.153. The second-order valence-electron chi connectivity index (χ2n) is 6.31. The highest BCUT2D eigenvalue weighted by atomic mass is 79.9. The van der Waals surface area contributed by atoms with Crippen molar-refractivity contribution >= 4 is 15.9 Å². The Morgan fingerprint density at radius 3 is 2.52 bits per heavy atom. The van der Waals surface area contributed by atoms with Crippen LogP contribution in [-0.2, 0) is 11.3 Å². The maximum atomic E-state index is 6.05. The van der Waals surface area contributed by atoms with E-state index >= 15 is 0 Å². The van der Waals surface area contributed by atoms with Gasteiger partial charge in [0.25, 0.3) is 0 Å². The zero-order chi connectivity index (χ0) is 16.0. The van der Waals surface area contributed by atoms with E-state index in [1.807, 2.05) is 0 Å². The van der Waals surface area contributed by atoms with Crippen molar-refractivity contribution in [1.29, 1.82) is 0 Å². The summed E-state index contributed by atoms with van der Waals surface area (Å²) >= 11 is 3.56. The molecule has 0 heterocycles. The molecule has 0 aromatic heterocycles. The minimum atomic E-state index is -0.153. The van der Waals surface area contributed by atoms with E-state index in [9.17, 15) is 0 Å². The van der Waals surface area contributed by atoms with Crippen LogP contribution in [0, 0.1) is 6.92 Å². The van der Waals surface area contributed by atoms with E-state index in [1.54, 1.807) is 7.11 Å². The number of ether oxygens (including phenoxy) is 2. The highest BCUT2D eigenvalue weighted by Crippen LogP contribution is 2.29. The molecule has 21 heavy (non-hydrogen) atoms. The first-order chi connectivity index (χ1) is 9.75. The number of halogens is 1. The van der Waals surface area contributed by atoms with Crippen molar-refractivity contribution in [2.24, 2.45) is 0 Å². The molecule has 0 radical (unpaired) electrons. The topological polar surface area (TPSA) is 30.5 Å². The fraction of sp³-hybridized carbons (Fsp3) is 0.647. The summed E-state index contributed by atoms with van der Waals surface area (Å²) in [7, 11) is 1.74. The first kappa shape index (κ1) is 18.5. The van der Waals surface area contributed by atoms with E-state index < -0.39 is 0 Å². The van der Waals surface area contributed by atoms with Crippen molar-refractivity contribution in [1.82, 2.24) is 5.32 Å².